The molecule has 0 unspecified atom stereocenters. The standard InChI is InChI=1S/C22H23BrN2O2/c1-14-11-16(23)3-5-18(14)22(26)25-9-7-15(8-10-25)20-13-24-21-6-4-17(27-2)12-19(20)21/h3-6,11-13,15,24H,7-10H2,1-2H3. The Labute approximate surface area is 167 Å². The molecule has 1 fully saturated rings. The van der Waals surface area contributed by atoms with E-state index in [9.17, 15) is 4.79 Å². The number of likely N-dealkylation sites (tertiary alicyclic amines) is 1. The number of carbonyl (C=O) groups is 1. The molecule has 1 saturated heterocycles. The maximum Gasteiger partial charge on any atom is 0.254 e. The maximum atomic E-state index is 12.9. The minimum absolute atomic E-state index is 0.138. The van der Waals surface area contributed by atoms with Crippen LogP contribution < -0.4 is 4.74 Å². The minimum Gasteiger partial charge on any atom is -0.497 e. The molecule has 0 aliphatic carbocycles. The van der Waals surface area contributed by atoms with E-state index in [4.69, 9.17) is 4.74 Å². The molecule has 1 amide bonds. The Morgan fingerprint density at radius 1 is 1.19 bits per heavy atom. The van der Waals surface area contributed by atoms with Gasteiger partial charge in [0.25, 0.3) is 5.91 Å². The smallest absolute Gasteiger partial charge is 0.254 e. The van der Waals surface area contributed by atoms with Crippen LogP contribution in [0, 0.1) is 6.92 Å². The van der Waals surface area contributed by atoms with Crippen LogP contribution in [0.2, 0.25) is 0 Å². The normalized spacial score (nSPS) is 15.3. The molecular weight excluding hydrogens is 404 g/mol. The topological polar surface area (TPSA) is 45.3 Å². The van der Waals surface area contributed by atoms with Gasteiger partial charge in [-0.2, -0.15) is 0 Å². The van der Waals surface area contributed by atoms with Crippen molar-refractivity contribution in [1.29, 1.82) is 0 Å². The summed E-state index contributed by atoms with van der Waals surface area (Å²) >= 11 is 3.46. The van der Waals surface area contributed by atoms with Crippen LogP contribution in [-0.2, 0) is 0 Å². The Morgan fingerprint density at radius 3 is 2.67 bits per heavy atom. The Kier molecular flexibility index (Phi) is 4.96. The number of amides is 1. The van der Waals surface area contributed by atoms with Crippen molar-refractivity contribution in [3.05, 3.63) is 63.8 Å². The van der Waals surface area contributed by atoms with Gasteiger partial charge < -0.3 is 14.6 Å². The van der Waals surface area contributed by atoms with Gasteiger partial charge in [-0.1, -0.05) is 15.9 Å². The number of nitrogens with one attached hydrogen (secondary N) is 1. The summed E-state index contributed by atoms with van der Waals surface area (Å²) in [5.74, 6) is 1.47. The van der Waals surface area contributed by atoms with Gasteiger partial charge in [-0.3, -0.25) is 4.79 Å². The molecule has 1 aliphatic rings. The van der Waals surface area contributed by atoms with Gasteiger partial charge in [0.1, 0.15) is 5.75 Å². The molecule has 4 nitrogen and oxygen atoms in total. The van der Waals surface area contributed by atoms with Crippen molar-refractivity contribution < 1.29 is 9.53 Å². The van der Waals surface area contributed by atoms with Gasteiger partial charge in [-0.25, -0.2) is 0 Å². The largest absolute Gasteiger partial charge is 0.497 e. The second-order valence-electron chi connectivity index (χ2n) is 7.18. The van der Waals surface area contributed by atoms with Crippen LogP contribution in [0.1, 0.15) is 40.2 Å². The Balaban J connectivity index is 1.50. The van der Waals surface area contributed by atoms with Crippen LogP contribution in [-0.4, -0.2) is 36.0 Å². The van der Waals surface area contributed by atoms with Crippen molar-refractivity contribution in [3.63, 3.8) is 0 Å². The molecule has 0 atom stereocenters. The Bertz CT molecular complexity index is 987. The number of rotatable bonds is 3. The molecule has 0 bridgehead atoms. The van der Waals surface area contributed by atoms with Gasteiger partial charge in [-0.05, 0) is 73.2 Å². The second kappa shape index (κ2) is 7.39. The van der Waals surface area contributed by atoms with Crippen LogP contribution in [0.25, 0.3) is 10.9 Å². The monoisotopic (exact) mass is 426 g/mol. The van der Waals surface area contributed by atoms with Gasteiger partial charge in [0.05, 0.1) is 7.11 Å². The average Bonchev–Trinajstić information content (AvgIpc) is 3.10. The summed E-state index contributed by atoms with van der Waals surface area (Å²) in [7, 11) is 1.70. The van der Waals surface area contributed by atoms with Crippen molar-refractivity contribution in [3.8, 4) is 5.75 Å². The molecule has 0 spiro atoms. The number of piperidine rings is 1. The fraction of sp³-hybridized carbons (Fsp3) is 0.318. The van der Waals surface area contributed by atoms with Crippen molar-refractivity contribution in [1.82, 2.24) is 9.88 Å². The summed E-state index contributed by atoms with van der Waals surface area (Å²) in [5, 5.41) is 1.22. The van der Waals surface area contributed by atoms with Gasteiger partial charge in [0.15, 0.2) is 0 Å². The van der Waals surface area contributed by atoms with E-state index in [-0.39, 0.29) is 5.91 Å². The molecule has 2 aromatic carbocycles. The molecule has 2 heterocycles. The number of methoxy groups -OCH3 is 1. The van der Waals surface area contributed by atoms with Crippen molar-refractivity contribution in [2.45, 2.75) is 25.7 Å². The lowest BCUT2D eigenvalue weighted by molar-refractivity contribution is 0.0712. The summed E-state index contributed by atoms with van der Waals surface area (Å²) in [6, 6.07) is 12.0. The molecule has 1 aromatic heterocycles. The molecule has 3 aromatic rings. The number of ether oxygens (including phenoxy) is 1. The van der Waals surface area contributed by atoms with Crippen LogP contribution >= 0.6 is 15.9 Å². The summed E-state index contributed by atoms with van der Waals surface area (Å²) in [4.78, 5) is 18.3. The third-order valence-electron chi connectivity index (χ3n) is 5.56. The number of H-pyrrole nitrogens is 1. The van der Waals surface area contributed by atoms with Gasteiger partial charge in [0.2, 0.25) is 0 Å². The first-order valence-electron chi connectivity index (χ1n) is 9.27. The summed E-state index contributed by atoms with van der Waals surface area (Å²) < 4.78 is 6.39. The molecule has 27 heavy (non-hydrogen) atoms. The second-order valence-corrected chi connectivity index (χ2v) is 8.10. The highest BCUT2D eigenvalue weighted by atomic mass is 79.9. The fourth-order valence-electron chi connectivity index (χ4n) is 4.02. The van der Waals surface area contributed by atoms with E-state index in [1.807, 2.05) is 36.1 Å². The van der Waals surface area contributed by atoms with Crippen molar-refractivity contribution in [2.75, 3.05) is 20.2 Å². The number of benzene rings is 2. The van der Waals surface area contributed by atoms with E-state index in [0.717, 1.165) is 52.8 Å². The highest BCUT2D eigenvalue weighted by Crippen LogP contribution is 2.35. The highest BCUT2D eigenvalue weighted by Gasteiger charge is 2.26. The van der Waals surface area contributed by atoms with Crippen molar-refractivity contribution in [2.24, 2.45) is 0 Å². The fourth-order valence-corrected chi connectivity index (χ4v) is 4.49. The van der Waals surface area contributed by atoms with Crippen LogP contribution in [0.3, 0.4) is 0 Å². The highest BCUT2D eigenvalue weighted by molar-refractivity contribution is 9.10. The summed E-state index contributed by atoms with van der Waals surface area (Å²) in [6.45, 7) is 3.56. The number of fused-ring (bicyclic) bond motifs is 1. The lowest BCUT2D eigenvalue weighted by Crippen LogP contribution is -2.38. The van der Waals surface area contributed by atoms with E-state index in [2.05, 4.69) is 39.2 Å². The third kappa shape index (κ3) is 3.48. The van der Waals surface area contributed by atoms with Crippen LogP contribution in [0.15, 0.2) is 47.1 Å². The zero-order valence-corrected chi connectivity index (χ0v) is 17.2. The number of aryl methyl sites for hydroxylation is 1. The SMILES string of the molecule is COc1ccc2[nH]cc(C3CCN(C(=O)c4ccc(Br)cc4C)CC3)c2c1. The lowest BCUT2D eigenvalue weighted by Gasteiger charge is -2.32. The number of nitrogens with zero attached hydrogens (tertiary/aromatic N) is 1. The Morgan fingerprint density at radius 2 is 1.96 bits per heavy atom. The van der Waals surface area contributed by atoms with Gasteiger partial charge >= 0.3 is 0 Å². The first-order valence-corrected chi connectivity index (χ1v) is 10.1. The van der Waals surface area contributed by atoms with Gasteiger partial charge in [0, 0.05) is 40.2 Å². The quantitative estimate of drug-likeness (QED) is 0.619. The number of aromatic nitrogens is 1. The van der Waals surface area contributed by atoms with E-state index >= 15 is 0 Å². The molecule has 0 radical (unpaired) electrons. The number of hydrogen-bond acceptors (Lipinski definition) is 2. The molecule has 0 saturated carbocycles. The summed E-state index contributed by atoms with van der Waals surface area (Å²) in [6.07, 6.45) is 4.07. The minimum atomic E-state index is 0.138. The summed E-state index contributed by atoms with van der Waals surface area (Å²) in [5.41, 5.74) is 4.28. The first kappa shape index (κ1) is 18.1. The molecule has 4 rings (SSSR count). The van der Waals surface area contributed by atoms with Crippen molar-refractivity contribution >= 4 is 32.7 Å². The zero-order chi connectivity index (χ0) is 19.0. The number of hydrogen-bond donors (Lipinski definition) is 1. The Hall–Kier alpha value is -2.27. The van der Waals surface area contributed by atoms with E-state index in [0.29, 0.717) is 5.92 Å². The number of carbonyl (C=O) groups excluding carboxylic acids is 1. The van der Waals surface area contributed by atoms with Crippen LogP contribution in [0.4, 0.5) is 0 Å². The third-order valence-corrected chi connectivity index (χ3v) is 6.06. The average molecular weight is 427 g/mol. The van der Waals surface area contributed by atoms with E-state index < -0.39 is 0 Å². The molecule has 1 N–H and O–H groups in total. The molecule has 140 valence electrons. The van der Waals surface area contributed by atoms with Gasteiger partial charge in [-0.15, -0.1) is 0 Å². The van der Waals surface area contributed by atoms with E-state index in [1.165, 1.54) is 10.9 Å². The van der Waals surface area contributed by atoms with Crippen LogP contribution in [0.5, 0.6) is 5.75 Å². The molecule has 1 aliphatic heterocycles. The molecular formula is C22H23BrN2O2. The predicted octanol–water partition coefficient (Wildman–Crippen LogP) is 5.27. The zero-order valence-electron chi connectivity index (χ0n) is 15.6. The number of aromatic amines is 1. The predicted molar refractivity (Wildman–Crippen MR) is 112 cm³/mol. The maximum absolute atomic E-state index is 12.9. The molecule has 5 heteroatoms. The lowest BCUT2D eigenvalue weighted by atomic mass is 9.89. The first-order chi connectivity index (χ1) is 13.1. The number of halogens is 1. The van der Waals surface area contributed by atoms with E-state index in [1.54, 1.807) is 7.11 Å².